The molecular formula is C22H27N3O4S. The molecule has 2 N–H and O–H groups in total. The quantitative estimate of drug-likeness (QED) is 0.699. The van der Waals surface area contributed by atoms with Crippen LogP contribution >= 0.6 is 0 Å². The first-order valence-corrected chi connectivity index (χ1v) is 11.7. The molecule has 0 bridgehead atoms. The number of piperidine rings is 1. The number of carbonyl (C=O) groups excluding carboxylic acids is 2. The van der Waals surface area contributed by atoms with Crippen LogP contribution in [0.1, 0.15) is 49.4 Å². The standard InChI is InChI=1S/C22H27N3O4S/c1-2-6-21(26)23-18-9-7-17(8-10-18)22(27)24-19-11-13-20(14-12-19)30(28,29)25-15-4-3-5-16-25/h7-14H,2-6,15-16H2,1H3,(H,23,26)(H,24,27). The fraction of sp³-hybridized carbons (Fsp3) is 0.364. The largest absolute Gasteiger partial charge is 0.326 e. The molecule has 0 aromatic heterocycles. The van der Waals surface area contributed by atoms with Gasteiger partial charge in [-0.1, -0.05) is 13.3 Å². The van der Waals surface area contributed by atoms with E-state index < -0.39 is 10.0 Å². The summed E-state index contributed by atoms with van der Waals surface area (Å²) < 4.78 is 26.9. The summed E-state index contributed by atoms with van der Waals surface area (Å²) in [7, 11) is -3.49. The summed E-state index contributed by atoms with van der Waals surface area (Å²) in [4.78, 5) is 24.3. The van der Waals surface area contributed by atoms with Crippen molar-refractivity contribution in [3.8, 4) is 0 Å². The summed E-state index contributed by atoms with van der Waals surface area (Å²) in [5, 5.41) is 5.54. The van der Waals surface area contributed by atoms with Gasteiger partial charge in [-0.3, -0.25) is 9.59 Å². The van der Waals surface area contributed by atoms with Crippen LogP contribution in [0.25, 0.3) is 0 Å². The normalized spacial score (nSPS) is 14.8. The molecule has 2 amide bonds. The van der Waals surface area contributed by atoms with Crippen molar-refractivity contribution < 1.29 is 18.0 Å². The van der Waals surface area contributed by atoms with Crippen LogP contribution in [-0.2, 0) is 14.8 Å². The van der Waals surface area contributed by atoms with E-state index in [0.29, 0.717) is 36.4 Å². The van der Waals surface area contributed by atoms with Crippen LogP contribution in [0.2, 0.25) is 0 Å². The Labute approximate surface area is 177 Å². The van der Waals surface area contributed by atoms with Gasteiger partial charge in [0.2, 0.25) is 15.9 Å². The first-order valence-electron chi connectivity index (χ1n) is 10.2. The highest BCUT2D eigenvalue weighted by Gasteiger charge is 2.25. The first-order chi connectivity index (χ1) is 14.4. The molecule has 160 valence electrons. The van der Waals surface area contributed by atoms with Crippen molar-refractivity contribution in [2.45, 2.75) is 43.9 Å². The maximum absolute atomic E-state index is 12.7. The van der Waals surface area contributed by atoms with Crippen molar-refractivity contribution in [1.82, 2.24) is 4.31 Å². The molecule has 1 saturated heterocycles. The van der Waals surface area contributed by atoms with Gasteiger partial charge in [-0.25, -0.2) is 8.42 Å². The van der Waals surface area contributed by atoms with Crippen molar-refractivity contribution in [1.29, 1.82) is 0 Å². The molecule has 2 aromatic rings. The second-order valence-corrected chi connectivity index (χ2v) is 9.26. The molecular weight excluding hydrogens is 402 g/mol. The predicted molar refractivity (Wildman–Crippen MR) is 117 cm³/mol. The summed E-state index contributed by atoms with van der Waals surface area (Å²) >= 11 is 0. The molecule has 1 aliphatic heterocycles. The van der Waals surface area contributed by atoms with E-state index in [2.05, 4.69) is 10.6 Å². The summed E-state index contributed by atoms with van der Waals surface area (Å²) in [6, 6.07) is 12.8. The number of hydrogen-bond donors (Lipinski definition) is 2. The topological polar surface area (TPSA) is 95.6 Å². The minimum absolute atomic E-state index is 0.0608. The summed E-state index contributed by atoms with van der Waals surface area (Å²) in [6.07, 6.45) is 4.04. The Morgan fingerprint density at radius 3 is 2.03 bits per heavy atom. The lowest BCUT2D eigenvalue weighted by Crippen LogP contribution is -2.35. The van der Waals surface area contributed by atoms with Gasteiger partial charge < -0.3 is 10.6 Å². The Kier molecular flexibility index (Phi) is 7.23. The molecule has 8 heteroatoms. The highest BCUT2D eigenvalue weighted by atomic mass is 32.2. The van der Waals surface area contributed by atoms with E-state index >= 15 is 0 Å². The number of nitrogens with zero attached hydrogens (tertiary/aromatic N) is 1. The lowest BCUT2D eigenvalue weighted by atomic mass is 10.2. The molecule has 1 fully saturated rings. The number of anilines is 2. The number of hydrogen-bond acceptors (Lipinski definition) is 4. The number of benzene rings is 2. The van der Waals surface area contributed by atoms with Crippen molar-refractivity contribution >= 4 is 33.2 Å². The molecule has 2 aromatic carbocycles. The molecule has 1 aliphatic rings. The van der Waals surface area contributed by atoms with E-state index in [4.69, 9.17) is 0 Å². The van der Waals surface area contributed by atoms with Crippen LogP contribution in [-0.4, -0.2) is 37.6 Å². The predicted octanol–water partition coefficient (Wildman–Crippen LogP) is 3.85. The van der Waals surface area contributed by atoms with E-state index in [-0.39, 0.29) is 16.7 Å². The molecule has 0 spiro atoms. The maximum atomic E-state index is 12.7. The number of nitrogens with one attached hydrogen (secondary N) is 2. The smallest absolute Gasteiger partial charge is 0.255 e. The van der Waals surface area contributed by atoms with Gasteiger partial charge in [-0.2, -0.15) is 4.31 Å². The van der Waals surface area contributed by atoms with Gasteiger partial charge in [-0.05, 0) is 67.8 Å². The average Bonchev–Trinajstić information content (AvgIpc) is 2.75. The monoisotopic (exact) mass is 429 g/mol. The van der Waals surface area contributed by atoms with Crippen LogP contribution in [0.15, 0.2) is 53.4 Å². The molecule has 0 radical (unpaired) electrons. The lowest BCUT2D eigenvalue weighted by molar-refractivity contribution is -0.116. The summed E-state index contributed by atoms with van der Waals surface area (Å²) in [5.74, 6) is -0.373. The van der Waals surface area contributed by atoms with Gasteiger partial charge >= 0.3 is 0 Å². The van der Waals surface area contributed by atoms with Crippen LogP contribution < -0.4 is 10.6 Å². The van der Waals surface area contributed by atoms with E-state index in [1.54, 1.807) is 36.4 Å². The van der Waals surface area contributed by atoms with Crippen LogP contribution in [0.5, 0.6) is 0 Å². The fourth-order valence-corrected chi connectivity index (χ4v) is 4.84. The Morgan fingerprint density at radius 2 is 1.43 bits per heavy atom. The number of sulfonamides is 1. The number of rotatable bonds is 7. The van der Waals surface area contributed by atoms with Gasteiger partial charge in [0, 0.05) is 36.4 Å². The van der Waals surface area contributed by atoms with Gasteiger partial charge in [-0.15, -0.1) is 0 Å². The molecule has 7 nitrogen and oxygen atoms in total. The molecule has 0 atom stereocenters. The van der Waals surface area contributed by atoms with E-state index in [1.807, 2.05) is 6.92 Å². The summed E-state index contributed by atoms with van der Waals surface area (Å²) in [5.41, 5.74) is 1.59. The average molecular weight is 430 g/mol. The van der Waals surface area contributed by atoms with E-state index in [9.17, 15) is 18.0 Å². The second-order valence-electron chi connectivity index (χ2n) is 7.32. The molecule has 1 heterocycles. The highest BCUT2D eigenvalue weighted by Crippen LogP contribution is 2.22. The van der Waals surface area contributed by atoms with Gasteiger partial charge in [0.15, 0.2) is 0 Å². The zero-order valence-corrected chi connectivity index (χ0v) is 17.9. The van der Waals surface area contributed by atoms with Crippen LogP contribution in [0.3, 0.4) is 0 Å². The lowest BCUT2D eigenvalue weighted by Gasteiger charge is -2.25. The third kappa shape index (κ3) is 5.46. The zero-order valence-electron chi connectivity index (χ0n) is 17.1. The number of amides is 2. The van der Waals surface area contributed by atoms with Crippen molar-refractivity contribution in [3.63, 3.8) is 0 Å². The summed E-state index contributed by atoms with van der Waals surface area (Å²) in [6.45, 7) is 3.04. The molecule has 0 unspecified atom stereocenters. The van der Waals surface area contributed by atoms with Crippen LogP contribution in [0, 0.1) is 0 Å². The minimum atomic E-state index is -3.49. The molecule has 0 aliphatic carbocycles. The first kappa shape index (κ1) is 22.0. The Hall–Kier alpha value is -2.71. The SMILES string of the molecule is CCCC(=O)Nc1ccc(C(=O)Nc2ccc(S(=O)(=O)N3CCCCC3)cc2)cc1. The van der Waals surface area contributed by atoms with Crippen molar-refractivity contribution in [2.24, 2.45) is 0 Å². The van der Waals surface area contributed by atoms with Crippen molar-refractivity contribution in [3.05, 3.63) is 54.1 Å². The van der Waals surface area contributed by atoms with Crippen LogP contribution in [0.4, 0.5) is 11.4 Å². The minimum Gasteiger partial charge on any atom is -0.326 e. The molecule has 0 saturated carbocycles. The van der Waals surface area contributed by atoms with Crippen molar-refractivity contribution in [2.75, 3.05) is 23.7 Å². The van der Waals surface area contributed by atoms with Gasteiger partial charge in [0.05, 0.1) is 4.90 Å². The fourth-order valence-electron chi connectivity index (χ4n) is 3.32. The maximum Gasteiger partial charge on any atom is 0.255 e. The molecule has 3 rings (SSSR count). The van der Waals surface area contributed by atoms with Gasteiger partial charge in [0.1, 0.15) is 0 Å². The third-order valence-electron chi connectivity index (χ3n) is 4.97. The van der Waals surface area contributed by atoms with E-state index in [0.717, 1.165) is 25.7 Å². The van der Waals surface area contributed by atoms with E-state index in [1.165, 1.54) is 16.4 Å². The zero-order chi connectivity index (χ0) is 21.6. The Balaban J connectivity index is 1.62. The molecule has 30 heavy (non-hydrogen) atoms. The second kappa shape index (κ2) is 9.86. The third-order valence-corrected chi connectivity index (χ3v) is 6.89. The van der Waals surface area contributed by atoms with Gasteiger partial charge in [0.25, 0.3) is 5.91 Å². The highest BCUT2D eigenvalue weighted by molar-refractivity contribution is 7.89. The Bertz CT molecular complexity index is 980. The number of carbonyl (C=O) groups is 2. The Morgan fingerprint density at radius 1 is 0.867 bits per heavy atom.